The van der Waals surface area contributed by atoms with Crippen molar-refractivity contribution < 1.29 is 14.2 Å². The maximum Gasteiger partial charge on any atom is 0.194 e. The molecule has 1 aromatic heterocycles. The van der Waals surface area contributed by atoms with Crippen LogP contribution in [-0.2, 0) is 22.6 Å². The van der Waals surface area contributed by atoms with Crippen LogP contribution < -0.4 is 10.1 Å². The second-order valence-corrected chi connectivity index (χ2v) is 7.81. The summed E-state index contributed by atoms with van der Waals surface area (Å²) in [6.45, 7) is 7.48. The lowest BCUT2D eigenvalue weighted by Gasteiger charge is -2.21. The van der Waals surface area contributed by atoms with Gasteiger partial charge in [0.1, 0.15) is 16.9 Å². The number of benzene rings is 1. The van der Waals surface area contributed by atoms with Gasteiger partial charge in [0.15, 0.2) is 5.96 Å². The van der Waals surface area contributed by atoms with E-state index in [2.05, 4.69) is 33.6 Å². The third-order valence-corrected chi connectivity index (χ3v) is 5.49. The number of methoxy groups -OCH3 is 2. The lowest BCUT2D eigenvalue weighted by atomic mass is 10.2. The zero-order valence-electron chi connectivity index (χ0n) is 19.1. The fourth-order valence-corrected chi connectivity index (χ4v) is 3.61. The first kappa shape index (κ1) is 27.6. The summed E-state index contributed by atoms with van der Waals surface area (Å²) in [4.78, 5) is 11.6. The van der Waals surface area contributed by atoms with Crippen LogP contribution in [-0.4, -0.2) is 56.9 Å². The van der Waals surface area contributed by atoms with Crippen LogP contribution in [0.2, 0.25) is 0 Å². The Bertz CT molecular complexity index is 788. The summed E-state index contributed by atoms with van der Waals surface area (Å²) in [5, 5.41) is 6.43. The van der Waals surface area contributed by atoms with Crippen molar-refractivity contribution in [2.75, 3.05) is 41.0 Å². The molecule has 0 saturated heterocycles. The third kappa shape index (κ3) is 9.71. The molecule has 0 amide bonds. The molecule has 9 heteroatoms. The quantitative estimate of drug-likeness (QED) is 0.178. The molecule has 1 atom stereocenters. The van der Waals surface area contributed by atoms with E-state index in [-0.39, 0.29) is 30.1 Å². The zero-order chi connectivity index (χ0) is 21.8. The number of aliphatic imine (C=N–C) groups is 1. The lowest BCUT2D eigenvalue weighted by Crippen LogP contribution is -2.38. The first-order valence-corrected chi connectivity index (χ1v) is 11.1. The number of thiazole rings is 1. The van der Waals surface area contributed by atoms with Crippen molar-refractivity contribution in [3.63, 3.8) is 0 Å². The Kier molecular flexibility index (Phi) is 13.7. The largest absolute Gasteiger partial charge is 0.493 e. The first-order chi connectivity index (χ1) is 14.6. The van der Waals surface area contributed by atoms with Crippen molar-refractivity contribution in [1.82, 2.24) is 15.2 Å². The minimum atomic E-state index is 0. The molecule has 1 N–H and O–H groups in total. The fourth-order valence-electron chi connectivity index (χ4n) is 2.76. The van der Waals surface area contributed by atoms with Gasteiger partial charge in [0.2, 0.25) is 0 Å². The van der Waals surface area contributed by atoms with E-state index in [0.717, 1.165) is 40.9 Å². The van der Waals surface area contributed by atoms with E-state index in [9.17, 15) is 0 Å². The topological polar surface area (TPSA) is 68.2 Å². The molecule has 2 aromatic rings. The maximum atomic E-state index is 5.79. The predicted molar refractivity (Wildman–Crippen MR) is 138 cm³/mol. The normalized spacial score (nSPS) is 12.2. The molecule has 31 heavy (non-hydrogen) atoms. The van der Waals surface area contributed by atoms with E-state index in [0.29, 0.717) is 26.3 Å². The van der Waals surface area contributed by atoms with Crippen LogP contribution >= 0.6 is 35.3 Å². The summed E-state index contributed by atoms with van der Waals surface area (Å²) in [6.07, 6.45) is 0.885. The highest BCUT2D eigenvalue weighted by Gasteiger charge is 2.12. The Balaban J connectivity index is 0.00000480. The van der Waals surface area contributed by atoms with E-state index < -0.39 is 0 Å². The van der Waals surface area contributed by atoms with Crippen LogP contribution in [0.1, 0.15) is 42.6 Å². The summed E-state index contributed by atoms with van der Waals surface area (Å²) in [7, 11) is 5.42. The summed E-state index contributed by atoms with van der Waals surface area (Å²) >= 11 is 1.63. The Morgan fingerprint density at radius 1 is 1.29 bits per heavy atom. The highest BCUT2D eigenvalue weighted by Crippen LogP contribution is 2.21. The van der Waals surface area contributed by atoms with Crippen molar-refractivity contribution >= 4 is 41.3 Å². The van der Waals surface area contributed by atoms with Crippen molar-refractivity contribution in [2.24, 2.45) is 4.99 Å². The van der Waals surface area contributed by atoms with Gasteiger partial charge in [-0.15, -0.1) is 35.3 Å². The van der Waals surface area contributed by atoms with Gasteiger partial charge in [-0.2, -0.15) is 0 Å². The number of ether oxygens (including phenoxy) is 3. The van der Waals surface area contributed by atoms with Gasteiger partial charge in [0.05, 0.1) is 25.4 Å². The van der Waals surface area contributed by atoms with Gasteiger partial charge in [-0.25, -0.2) is 9.98 Å². The van der Waals surface area contributed by atoms with Crippen LogP contribution in [0.15, 0.2) is 34.6 Å². The second-order valence-electron chi connectivity index (χ2n) is 6.92. The van der Waals surface area contributed by atoms with Crippen molar-refractivity contribution in [1.29, 1.82) is 0 Å². The fraction of sp³-hybridized carbons (Fsp3) is 0.545. The SMILES string of the molecule is CCNC(=NCc1cccc(OCCCOC)c1)N(C)Cc1csc(C(C)OC)n1.I. The molecule has 1 unspecified atom stereocenters. The number of rotatable bonds is 12. The van der Waals surface area contributed by atoms with E-state index >= 15 is 0 Å². The molecular weight excluding hydrogens is 527 g/mol. The molecule has 0 radical (unpaired) electrons. The molecule has 2 rings (SSSR count). The number of hydrogen-bond donors (Lipinski definition) is 1. The number of guanidine groups is 1. The summed E-state index contributed by atoms with van der Waals surface area (Å²) in [5.74, 6) is 1.71. The van der Waals surface area contributed by atoms with Crippen molar-refractivity contribution in [3.05, 3.63) is 45.9 Å². The standard InChI is InChI=1S/C22H34N4O3S.HI/c1-6-23-22(26(3)15-19-16-30-21(25-19)17(2)28-5)24-14-18-9-7-10-20(13-18)29-12-8-11-27-4;/h7,9-10,13,16-17H,6,8,11-12,14-15H2,1-5H3,(H,23,24);1H. The molecule has 0 saturated carbocycles. The van der Waals surface area contributed by atoms with E-state index in [1.165, 1.54) is 0 Å². The molecule has 0 aliphatic rings. The van der Waals surface area contributed by atoms with Crippen molar-refractivity contribution in [3.8, 4) is 5.75 Å². The molecule has 1 aromatic carbocycles. The van der Waals surface area contributed by atoms with Gasteiger partial charge < -0.3 is 24.4 Å². The highest BCUT2D eigenvalue weighted by molar-refractivity contribution is 14.0. The van der Waals surface area contributed by atoms with Gasteiger partial charge in [-0.1, -0.05) is 12.1 Å². The average molecular weight is 563 g/mol. The van der Waals surface area contributed by atoms with Crippen LogP contribution in [0.5, 0.6) is 5.75 Å². The van der Waals surface area contributed by atoms with Gasteiger partial charge in [0.25, 0.3) is 0 Å². The molecule has 174 valence electrons. The summed E-state index contributed by atoms with van der Waals surface area (Å²) in [6, 6.07) is 8.08. The highest BCUT2D eigenvalue weighted by atomic mass is 127. The van der Waals surface area contributed by atoms with Gasteiger partial charge in [-0.05, 0) is 31.5 Å². The smallest absolute Gasteiger partial charge is 0.194 e. The van der Waals surface area contributed by atoms with Gasteiger partial charge in [-0.3, -0.25) is 0 Å². The van der Waals surface area contributed by atoms with E-state index in [1.54, 1.807) is 25.6 Å². The number of aromatic nitrogens is 1. The summed E-state index contributed by atoms with van der Waals surface area (Å²) < 4.78 is 16.2. The van der Waals surface area contributed by atoms with Crippen molar-refractivity contribution in [2.45, 2.75) is 39.5 Å². The predicted octanol–water partition coefficient (Wildman–Crippen LogP) is 4.48. The Labute approximate surface area is 207 Å². The number of nitrogens with zero attached hydrogens (tertiary/aromatic N) is 3. The van der Waals surface area contributed by atoms with Crippen LogP contribution in [0.25, 0.3) is 0 Å². The molecular formula is C22H35IN4O3S. The Morgan fingerprint density at radius 2 is 2.10 bits per heavy atom. The van der Waals surface area contributed by atoms with Crippen LogP contribution in [0.4, 0.5) is 0 Å². The zero-order valence-corrected chi connectivity index (χ0v) is 22.2. The monoisotopic (exact) mass is 562 g/mol. The molecule has 0 spiro atoms. The minimum Gasteiger partial charge on any atom is -0.493 e. The van der Waals surface area contributed by atoms with E-state index in [4.69, 9.17) is 19.2 Å². The molecule has 7 nitrogen and oxygen atoms in total. The summed E-state index contributed by atoms with van der Waals surface area (Å²) in [5.41, 5.74) is 2.12. The Morgan fingerprint density at radius 3 is 2.81 bits per heavy atom. The lowest BCUT2D eigenvalue weighted by molar-refractivity contribution is 0.119. The van der Waals surface area contributed by atoms with Gasteiger partial charge >= 0.3 is 0 Å². The number of hydrogen-bond acceptors (Lipinski definition) is 6. The second kappa shape index (κ2) is 15.4. The first-order valence-electron chi connectivity index (χ1n) is 10.2. The van der Waals surface area contributed by atoms with Crippen LogP contribution in [0, 0.1) is 0 Å². The molecule has 0 bridgehead atoms. The minimum absolute atomic E-state index is 0. The maximum absolute atomic E-state index is 5.79. The molecule has 1 heterocycles. The number of nitrogens with one attached hydrogen (secondary N) is 1. The van der Waals surface area contributed by atoms with Gasteiger partial charge in [0, 0.05) is 46.2 Å². The molecule has 0 fully saturated rings. The third-order valence-electron chi connectivity index (χ3n) is 4.44. The van der Waals surface area contributed by atoms with E-state index in [1.807, 2.05) is 32.2 Å². The number of halogens is 1. The Hall–Kier alpha value is -1.43. The average Bonchev–Trinajstić information content (AvgIpc) is 3.22. The molecule has 0 aliphatic heterocycles. The van der Waals surface area contributed by atoms with Crippen LogP contribution in [0.3, 0.4) is 0 Å². The molecule has 0 aliphatic carbocycles.